The summed E-state index contributed by atoms with van der Waals surface area (Å²) in [6.07, 6.45) is 0.851. The Morgan fingerprint density at radius 3 is 2.13 bits per heavy atom. The largest absolute Gasteiger partial charge is 0.392 e. The van der Waals surface area contributed by atoms with Crippen molar-refractivity contribution >= 4 is 15.9 Å². The van der Waals surface area contributed by atoms with Crippen LogP contribution >= 0.6 is 0 Å². The number of carbonyl (C=O) groups is 1. The summed E-state index contributed by atoms with van der Waals surface area (Å²) in [6, 6.07) is 30.5. The van der Waals surface area contributed by atoms with Crippen LogP contribution in [0.25, 0.3) is 0 Å². The van der Waals surface area contributed by atoms with Gasteiger partial charge in [0.05, 0.1) is 36.9 Å². The van der Waals surface area contributed by atoms with Crippen LogP contribution in [0.5, 0.6) is 0 Å². The Balaban J connectivity index is 1.03. The maximum atomic E-state index is 13.6. The van der Waals surface area contributed by atoms with E-state index in [2.05, 4.69) is 21.9 Å². The molecule has 0 bridgehead atoms. The van der Waals surface area contributed by atoms with Crippen molar-refractivity contribution in [3.63, 3.8) is 0 Å². The molecule has 3 aliphatic heterocycles. The van der Waals surface area contributed by atoms with Crippen molar-refractivity contribution in [3.8, 4) is 0 Å². The number of likely N-dealkylation sites (tertiary alicyclic amines) is 1. The monoisotopic (exact) mass is 769 g/mol. The third-order valence-corrected chi connectivity index (χ3v) is 12.4. The number of nitrogens with zero attached hydrogens (tertiary/aromatic N) is 1. The van der Waals surface area contributed by atoms with Gasteiger partial charge in [-0.15, -0.1) is 0 Å². The second-order valence-electron chi connectivity index (χ2n) is 14.9. The van der Waals surface area contributed by atoms with Crippen LogP contribution in [0.2, 0.25) is 0 Å². The lowest BCUT2D eigenvalue weighted by molar-refractivity contribution is -0.278. The van der Waals surface area contributed by atoms with Gasteiger partial charge in [0.25, 0.3) is 0 Å². The average Bonchev–Trinajstić information content (AvgIpc) is 3.67. The number of sulfonamides is 1. The Hall–Kier alpha value is -3.98. The molecule has 1 spiro atoms. The molecule has 3 heterocycles. The van der Waals surface area contributed by atoms with Crippen LogP contribution in [0, 0.1) is 12.8 Å². The highest BCUT2D eigenvalue weighted by molar-refractivity contribution is 7.89. The minimum Gasteiger partial charge on any atom is -0.392 e. The Kier molecular flexibility index (Phi) is 12.4. The third-order valence-electron chi connectivity index (χ3n) is 10.9. The number of benzene rings is 4. The summed E-state index contributed by atoms with van der Waals surface area (Å²) in [5, 5.41) is 12.6. The van der Waals surface area contributed by atoms with Crippen molar-refractivity contribution in [1.29, 1.82) is 0 Å². The molecular weight excluding hydrogens is 719 g/mol. The van der Waals surface area contributed by atoms with Crippen LogP contribution < -0.4 is 10.0 Å². The normalized spacial score (nSPS) is 23.4. The van der Waals surface area contributed by atoms with E-state index in [1.165, 1.54) is 12.1 Å². The van der Waals surface area contributed by atoms with Gasteiger partial charge in [0.15, 0.2) is 12.1 Å². The second-order valence-corrected chi connectivity index (χ2v) is 16.6. The Morgan fingerprint density at radius 2 is 1.47 bits per heavy atom. The van der Waals surface area contributed by atoms with Crippen molar-refractivity contribution < 1.29 is 37.3 Å². The summed E-state index contributed by atoms with van der Waals surface area (Å²) in [4.78, 5) is 16.1. The predicted octanol–water partition coefficient (Wildman–Crippen LogP) is 5.32. The van der Waals surface area contributed by atoms with E-state index in [1.807, 2.05) is 85.8 Å². The highest BCUT2D eigenvalue weighted by atomic mass is 32.2. The number of hydrogen-bond acceptors (Lipinski definition) is 9. The molecule has 0 saturated carbocycles. The summed E-state index contributed by atoms with van der Waals surface area (Å²) >= 11 is 0. The zero-order chi connectivity index (χ0) is 38.4. The van der Waals surface area contributed by atoms with Gasteiger partial charge < -0.3 is 34.3 Å². The fraction of sp³-hybridized carbons (Fsp3) is 0.419. The number of nitrogens with one attached hydrogen (secondary N) is 2. The van der Waals surface area contributed by atoms with Crippen LogP contribution in [-0.2, 0) is 53.3 Å². The maximum Gasteiger partial charge on any atom is 0.241 e. The molecule has 1 amide bonds. The van der Waals surface area contributed by atoms with Crippen molar-refractivity contribution in [1.82, 2.24) is 14.9 Å². The van der Waals surface area contributed by atoms with Gasteiger partial charge in [-0.05, 0) is 47.7 Å². The molecule has 1 unspecified atom stereocenters. The number of ether oxygens (including phenoxy) is 4. The number of carbonyl (C=O) groups excluding carboxylic acids is 1. The zero-order valence-electron chi connectivity index (χ0n) is 31.4. The quantitative estimate of drug-likeness (QED) is 0.165. The number of aliphatic hydroxyl groups excluding tert-OH is 1. The Labute approximate surface area is 324 Å². The first-order valence-corrected chi connectivity index (χ1v) is 20.6. The molecular formula is C43H51N3O8S. The van der Waals surface area contributed by atoms with E-state index >= 15 is 0 Å². The molecule has 3 aliphatic rings. The minimum atomic E-state index is -3.96. The van der Waals surface area contributed by atoms with Crippen molar-refractivity contribution in [2.24, 2.45) is 5.92 Å². The number of amides is 1. The number of aryl methyl sites for hydroxylation is 1. The minimum absolute atomic E-state index is 0.0247. The van der Waals surface area contributed by atoms with Crippen LogP contribution in [0.1, 0.15) is 65.5 Å². The van der Waals surface area contributed by atoms with Gasteiger partial charge in [0.2, 0.25) is 15.9 Å². The topological polar surface area (TPSA) is 136 Å². The lowest BCUT2D eigenvalue weighted by Gasteiger charge is -2.44. The molecule has 11 nitrogen and oxygen atoms in total. The van der Waals surface area contributed by atoms with Gasteiger partial charge in [-0.3, -0.25) is 4.79 Å². The van der Waals surface area contributed by atoms with E-state index in [-0.39, 0.29) is 42.6 Å². The molecule has 3 saturated heterocycles. The molecule has 4 aromatic carbocycles. The van der Waals surface area contributed by atoms with Crippen molar-refractivity contribution in [3.05, 3.63) is 137 Å². The summed E-state index contributed by atoms with van der Waals surface area (Å²) in [6.45, 7) is 7.97. The number of piperidine rings is 1. The lowest BCUT2D eigenvalue weighted by atomic mass is 9.89. The average molecular weight is 770 g/mol. The molecule has 55 heavy (non-hydrogen) atoms. The van der Waals surface area contributed by atoms with Crippen molar-refractivity contribution in [2.45, 2.75) is 81.5 Å². The molecule has 3 N–H and O–H groups in total. The zero-order valence-corrected chi connectivity index (χ0v) is 32.2. The molecule has 7 rings (SSSR count). The smallest absolute Gasteiger partial charge is 0.241 e. The third kappa shape index (κ3) is 9.70. The predicted molar refractivity (Wildman–Crippen MR) is 207 cm³/mol. The molecule has 0 aromatic heterocycles. The van der Waals surface area contributed by atoms with Crippen LogP contribution in [0.15, 0.2) is 108 Å². The summed E-state index contributed by atoms with van der Waals surface area (Å²) in [5.74, 6) is -0.824. The molecule has 0 aliphatic carbocycles. The first-order valence-electron chi connectivity index (χ1n) is 19.1. The van der Waals surface area contributed by atoms with Gasteiger partial charge in [-0.1, -0.05) is 103 Å². The molecule has 4 aromatic rings. The highest BCUT2D eigenvalue weighted by Gasteiger charge is 2.43. The summed E-state index contributed by atoms with van der Waals surface area (Å²) < 4.78 is 54.6. The van der Waals surface area contributed by atoms with Crippen LogP contribution in [-0.4, -0.2) is 75.1 Å². The van der Waals surface area contributed by atoms with Crippen LogP contribution in [0.4, 0.5) is 0 Å². The van der Waals surface area contributed by atoms with Crippen LogP contribution in [0.3, 0.4) is 0 Å². The van der Waals surface area contributed by atoms with Crippen molar-refractivity contribution in [2.75, 3.05) is 32.8 Å². The molecule has 3 fully saturated rings. The molecule has 292 valence electrons. The summed E-state index contributed by atoms with van der Waals surface area (Å²) in [7, 11) is -3.96. The standard InChI is InChI=1S/C43H51N3O8S/c1-30-8-18-37(19-9-30)55(49,50)45-38(26-32-6-4-3-5-7-32)41(48)44-27-33-10-16-36(17-11-33)42-53-39(28-46-22-20-43(21-23-46)51-24-25-52-43)31(2)40(54-42)35-14-12-34(29-47)13-15-35/h3-19,31,38-40,42,45,47H,20-29H2,1-2H3,(H,44,48)/t31-,38+,39+,40+,42?/m0/s1. The highest BCUT2D eigenvalue weighted by Crippen LogP contribution is 2.42. The Morgan fingerprint density at radius 1 is 0.836 bits per heavy atom. The SMILES string of the molecule is Cc1ccc(S(=O)(=O)N[C@H](Cc2ccccc2)C(=O)NCc2ccc(C3O[C@H](CN4CCC5(CC4)OCCO5)[C@H](C)[C@H](c4ccc(CO)cc4)O3)cc2)cc1. The Bertz CT molecular complexity index is 1960. The molecule has 5 atom stereocenters. The fourth-order valence-electron chi connectivity index (χ4n) is 7.56. The van der Waals surface area contributed by atoms with Gasteiger partial charge in [-0.25, -0.2) is 8.42 Å². The van der Waals surface area contributed by atoms with Gasteiger partial charge in [0, 0.05) is 50.5 Å². The van der Waals surface area contributed by atoms with Gasteiger partial charge in [0.1, 0.15) is 6.04 Å². The lowest BCUT2D eigenvalue weighted by Crippen LogP contribution is -2.50. The molecule has 0 radical (unpaired) electrons. The fourth-order valence-corrected chi connectivity index (χ4v) is 8.76. The second kappa shape index (κ2) is 17.4. The number of rotatable bonds is 13. The first-order chi connectivity index (χ1) is 26.6. The van der Waals surface area contributed by atoms with E-state index in [1.54, 1.807) is 12.1 Å². The van der Waals surface area contributed by atoms with E-state index in [0.29, 0.717) is 13.2 Å². The van der Waals surface area contributed by atoms with E-state index in [0.717, 1.165) is 65.9 Å². The van der Waals surface area contributed by atoms with E-state index in [9.17, 15) is 18.3 Å². The van der Waals surface area contributed by atoms with E-state index < -0.39 is 34.0 Å². The van der Waals surface area contributed by atoms with E-state index in [4.69, 9.17) is 18.9 Å². The van der Waals surface area contributed by atoms with Gasteiger partial charge >= 0.3 is 0 Å². The maximum absolute atomic E-state index is 13.6. The first kappa shape index (κ1) is 39.3. The number of hydrogen-bond donors (Lipinski definition) is 3. The summed E-state index contributed by atoms with van der Waals surface area (Å²) in [5.41, 5.74) is 5.33. The molecule has 12 heteroatoms. The number of aliphatic hydroxyl groups is 1. The van der Waals surface area contributed by atoms with Gasteiger partial charge in [-0.2, -0.15) is 4.72 Å².